The first-order chi connectivity index (χ1) is 5.24. The lowest BCUT2D eigenvalue weighted by Crippen LogP contribution is -1.97. The van der Waals surface area contributed by atoms with Crippen LogP contribution in [0.3, 0.4) is 0 Å². The molecule has 4 heteroatoms. The number of Topliss-reactive ketones (excluding diaryl/α,β-unsaturated/α-hetero) is 1. The van der Waals surface area contributed by atoms with Crippen molar-refractivity contribution in [1.29, 1.82) is 0 Å². The number of hydrogen-bond acceptors (Lipinski definition) is 2. The number of ketones is 1. The van der Waals surface area contributed by atoms with Gasteiger partial charge in [0.05, 0.1) is 6.20 Å². The summed E-state index contributed by atoms with van der Waals surface area (Å²) in [5, 5.41) is 0. The average molecular weight is 173 g/mol. The fraction of sp³-hybridized carbons (Fsp3) is 0. The maximum absolute atomic E-state index is 12.4. The molecule has 0 bridgehead atoms. The third-order valence-corrected chi connectivity index (χ3v) is 1.29. The molecule has 1 heterocycles. The van der Waals surface area contributed by atoms with Crippen molar-refractivity contribution < 1.29 is 9.18 Å². The zero-order valence-corrected chi connectivity index (χ0v) is 6.18. The molecule has 1 rings (SSSR count). The number of halogens is 2. The van der Waals surface area contributed by atoms with Crippen LogP contribution < -0.4 is 0 Å². The molecule has 1 radical (unpaired) electrons. The molecule has 0 aliphatic heterocycles. The highest BCUT2D eigenvalue weighted by atomic mass is 35.5. The van der Waals surface area contributed by atoms with Crippen LogP contribution in [0.25, 0.3) is 0 Å². The van der Waals surface area contributed by atoms with Gasteiger partial charge in [0, 0.05) is 11.8 Å². The van der Waals surface area contributed by atoms with Crippen LogP contribution in [0.1, 0.15) is 10.4 Å². The zero-order chi connectivity index (χ0) is 8.27. The first kappa shape index (κ1) is 8.14. The largest absolute Gasteiger partial charge is 0.292 e. The van der Waals surface area contributed by atoms with E-state index in [9.17, 15) is 9.18 Å². The van der Waals surface area contributed by atoms with Gasteiger partial charge in [-0.15, -0.1) is 11.6 Å². The molecule has 0 amide bonds. The van der Waals surface area contributed by atoms with Gasteiger partial charge in [-0.25, -0.2) is 4.39 Å². The molecule has 0 saturated carbocycles. The summed E-state index contributed by atoms with van der Waals surface area (Å²) in [5.41, 5.74) is 0.153. The quantitative estimate of drug-likeness (QED) is 0.637. The first-order valence-corrected chi connectivity index (χ1v) is 3.26. The molecule has 0 fully saturated rings. The van der Waals surface area contributed by atoms with E-state index >= 15 is 0 Å². The molecule has 1 aromatic heterocycles. The number of hydrogen-bond donors (Lipinski definition) is 0. The molecule has 0 aromatic carbocycles. The van der Waals surface area contributed by atoms with Crippen LogP contribution >= 0.6 is 11.6 Å². The van der Waals surface area contributed by atoms with Crippen molar-refractivity contribution in [3.63, 3.8) is 0 Å². The number of carbonyl (C=O) groups is 1. The number of carbonyl (C=O) groups excluding carboxylic acids is 1. The Morgan fingerprint density at radius 2 is 2.36 bits per heavy atom. The third kappa shape index (κ3) is 1.98. The minimum absolute atomic E-state index is 0.153. The Balaban J connectivity index is 2.96. The molecule has 0 aliphatic rings. The van der Waals surface area contributed by atoms with Crippen LogP contribution in [0.4, 0.5) is 4.39 Å². The molecule has 57 valence electrons. The Morgan fingerprint density at radius 1 is 1.64 bits per heavy atom. The summed E-state index contributed by atoms with van der Waals surface area (Å²) in [6, 6.07) is 1.08. The van der Waals surface area contributed by atoms with Crippen molar-refractivity contribution >= 4 is 17.4 Å². The molecular weight excluding hydrogens is 169 g/mol. The van der Waals surface area contributed by atoms with E-state index in [2.05, 4.69) is 4.98 Å². The molecule has 0 N–H and O–H groups in total. The summed E-state index contributed by atoms with van der Waals surface area (Å²) in [6.45, 7) is 0. The number of nitrogens with zero attached hydrogens (tertiary/aromatic N) is 1. The maximum atomic E-state index is 12.4. The van der Waals surface area contributed by atoms with Gasteiger partial charge in [0.1, 0.15) is 11.7 Å². The number of pyridine rings is 1. The van der Waals surface area contributed by atoms with E-state index in [1.54, 1.807) is 0 Å². The van der Waals surface area contributed by atoms with Crippen LogP contribution in [0.5, 0.6) is 0 Å². The third-order valence-electron chi connectivity index (χ3n) is 1.09. The summed E-state index contributed by atoms with van der Waals surface area (Å²) in [6.07, 6.45) is 2.27. The zero-order valence-electron chi connectivity index (χ0n) is 5.42. The van der Waals surface area contributed by atoms with Crippen LogP contribution in [0.2, 0.25) is 0 Å². The number of rotatable bonds is 2. The highest BCUT2D eigenvalue weighted by Crippen LogP contribution is 2.04. The fourth-order valence-corrected chi connectivity index (χ4v) is 0.736. The van der Waals surface area contributed by atoms with Gasteiger partial charge in [-0.3, -0.25) is 9.78 Å². The van der Waals surface area contributed by atoms with E-state index in [1.165, 1.54) is 6.20 Å². The number of aromatic nitrogens is 1. The predicted octanol–water partition coefficient (Wildman–Crippen LogP) is 1.80. The fourth-order valence-electron chi connectivity index (χ4n) is 0.610. The Bertz CT molecular complexity index is 277. The Kier molecular flexibility index (Phi) is 2.54. The molecule has 0 spiro atoms. The molecule has 0 saturated heterocycles. The monoisotopic (exact) mass is 172 g/mol. The van der Waals surface area contributed by atoms with E-state index < -0.39 is 11.6 Å². The Hall–Kier alpha value is -0.960. The molecule has 0 unspecified atom stereocenters. The minimum Gasteiger partial charge on any atom is -0.292 e. The summed E-state index contributed by atoms with van der Waals surface area (Å²) < 4.78 is 12.4. The summed E-state index contributed by atoms with van der Waals surface area (Å²) in [5.74, 6) is -0.149. The van der Waals surface area contributed by atoms with Crippen molar-refractivity contribution in [2.45, 2.75) is 0 Å². The lowest BCUT2D eigenvalue weighted by atomic mass is 10.2. The second-order valence-electron chi connectivity index (χ2n) is 1.87. The lowest BCUT2D eigenvalue weighted by Gasteiger charge is -1.93. The van der Waals surface area contributed by atoms with Crippen molar-refractivity contribution in [2.24, 2.45) is 0 Å². The second-order valence-corrected chi connectivity index (χ2v) is 2.08. The van der Waals surface area contributed by atoms with Gasteiger partial charge in [-0.2, -0.15) is 0 Å². The SMILES string of the molecule is O=C([CH]Cl)c1cncc(F)c1. The summed E-state index contributed by atoms with van der Waals surface area (Å²) >= 11 is 5.11. The summed E-state index contributed by atoms with van der Waals surface area (Å²) in [4.78, 5) is 14.3. The molecular formula is C7H4ClFNO. The smallest absolute Gasteiger partial charge is 0.184 e. The first-order valence-electron chi connectivity index (χ1n) is 2.82. The van der Waals surface area contributed by atoms with E-state index in [0.29, 0.717) is 0 Å². The van der Waals surface area contributed by atoms with E-state index in [4.69, 9.17) is 11.6 Å². The van der Waals surface area contributed by atoms with Crippen LogP contribution in [-0.2, 0) is 0 Å². The standard InChI is InChI=1S/C7H4ClFNO/c8-2-7(11)5-1-6(9)4-10-3-5/h1-4H. The summed E-state index contributed by atoms with van der Waals surface area (Å²) in [7, 11) is 0. The van der Waals surface area contributed by atoms with Crippen molar-refractivity contribution in [3.05, 3.63) is 35.7 Å². The van der Waals surface area contributed by atoms with Crippen LogP contribution in [0, 0.1) is 11.7 Å². The Labute approximate surface area is 68.0 Å². The second kappa shape index (κ2) is 3.44. The van der Waals surface area contributed by atoms with Crippen LogP contribution in [-0.4, -0.2) is 10.8 Å². The molecule has 0 atom stereocenters. The van der Waals surface area contributed by atoms with Gasteiger partial charge in [-0.05, 0) is 6.07 Å². The van der Waals surface area contributed by atoms with Crippen molar-refractivity contribution in [2.75, 3.05) is 0 Å². The predicted molar refractivity (Wildman–Crippen MR) is 38.7 cm³/mol. The van der Waals surface area contributed by atoms with Gasteiger partial charge in [-0.1, -0.05) is 0 Å². The van der Waals surface area contributed by atoms with E-state index in [1.807, 2.05) is 0 Å². The molecule has 11 heavy (non-hydrogen) atoms. The molecule has 1 aromatic rings. The van der Waals surface area contributed by atoms with E-state index in [0.717, 1.165) is 18.1 Å². The highest BCUT2D eigenvalue weighted by molar-refractivity contribution is 6.37. The molecule has 2 nitrogen and oxygen atoms in total. The average Bonchev–Trinajstić information content (AvgIpc) is 2.03. The highest BCUT2D eigenvalue weighted by Gasteiger charge is 2.04. The van der Waals surface area contributed by atoms with Crippen molar-refractivity contribution in [3.8, 4) is 0 Å². The lowest BCUT2D eigenvalue weighted by molar-refractivity contribution is 0.103. The molecule has 0 aliphatic carbocycles. The van der Waals surface area contributed by atoms with Gasteiger partial charge in [0.25, 0.3) is 0 Å². The maximum Gasteiger partial charge on any atom is 0.184 e. The minimum atomic E-state index is -0.547. The van der Waals surface area contributed by atoms with Gasteiger partial charge >= 0.3 is 0 Å². The van der Waals surface area contributed by atoms with Gasteiger partial charge in [0.2, 0.25) is 0 Å². The normalized spacial score (nSPS) is 9.64. The van der Waals surface area contributed by atoms with Gasteiger partial charge in [0.15, 0.2) is 5.78 Å². The van der Waals surface area contributed by atoms with Crippen molar-refractivity contribution in [1.82, 2.24) is 4.98 Å². The van der Waals surface area contributed by atoms with Crippen LogP contribution in [0.15, 0.2) is 18.5 Å². The van der Waals surface area contributed by atoms with Gasteiger partial charge < -0.3 is 0 Å². The Morgan fingerprint density at radius 3 is 2.91 bits per heavy atom. The topological polar surface area (TPSA) is 30.0 Å². The van der Waals surface area contributed by atoms with E-state index in [-0.39, 0.29) is 5.56 Å².